The van der Waals surface area contributed by atoms with Crippen molar-refractivity contribution in [3.05, 3.63) is 53.7 Å². The molecule has 7 nitrogen and oxygen atoms in total. The van der Waals surface area contributed by atoms with Crippen LogP contribution in [0.25, 0.3) is 10.9 Å². The number of fused-ring (bicyclic) bond motifs is 1. The summed E-state index contributed by atoms with van der Waals surface area (Å²) in [6.45, 7) is 5.68. The van der Waals surface area contributed by atoms with Gasteiger partial charge in [-0.15, -0.1) is 0 Å². The van der Waals surface area contributed by atoms with Gasteiger partial charge in [-0.1, -0.05) is 12.0 Å². The van der Waals surface area contributed by atoms with E-state index in [4.69, 9.17) is 8.85 Å². The number of likely N-dealkylation sites (tertiary alicyclic amines) is 1. The first-order chi connectivity index (χ1) is 20.9. The van der Waals surface area contributed by atoms with Gasteiger partial charge in [-0.2, -0.15) is 13.2 Å². The molecule has 1 amide bonds. The van der Waals surface area contributed by atoms with Crippen LogP contribution in [0.4, 0.5) is 28.9 Å². The number of rotatable bonds is 7. The van der Waals surface area contributed by atoms with Gasteiger partial charge in [-0.3, -0.25) is 9.69 Å². The summed E-state index contributed by atoms with van der Waals surface area (Å²) in [4.78, 5) is 14.1. The van der Waals surface area contributed by atoms with Crippen molar-refractivity contribution >= 4 is 28.2 Å². The molecule has 2 unspecified atom stereocenters. The van der Waals surface area contributed by atoms with Crippen LogP contribution in [0.3, 0.4) is 0 Å². The van der Waals surface area contributed by atoms with Crippen LogP contribution in [0.2, 0.25) is 0 Å². The second kappa shape index (κ2) is 12.5. The van der Waals surface area contributed by atoms with Gasteiger partial charge in [0.25, 0.3) is 5.91 Å². The van der Waals surface area contributed by atoms with Crippen LogP contribution in [0, 0.1) is 11.8 Å². The first kappa shape index (κ1) is 27.0. The molecule has 226 valence electrons. The van der Waals surface area contributed by atoms with Crippen molar-refractivity contribution in [3.8, 4) is 17.6 Å². The Hall–Kier alpha value is -3.91. The van der Waals surface area contributed by atoms with Gasteiger partial charge in [-0.05, 0) is 69.5 Å². The van der Waals surface area contributed by atoms with Crippen molar-refractivity contribution in [1.82, 2.24) is 14.8 Å². The maximum Gasteiger partial charge on any atom is 0.406 e. The van der Waals surface area contributed by atoms with Gasteiger partial charge in [0.05, 0.1) is 40.6 Å². The van der Waals surface area contributed by atoms with Crippen LogP contribution in [0.1, 0.15) is 47.4 Å². The number of nitrogens with zero attached hydrogens (tertiary/aromatic N) is 2. The van der Waals surface area contributed by atoms with E-state index in [1.807, 2.05) is 20.8 Å². The highest BCUT2D eigenvalue weighted by Crippen LogP contribution is 2.32. The number of carbonyl (C=O) groups is 1. The maximum absolute atomic E-state index is 15.2. The number of piperidine rings is 1. The lowest BCUT2D eigenvalue weighted by Crippen LogP contribution is -2.54. The molecule has 1 saturated heterocycles. The summed E-state index contributed by atoms with van der Waals surface area (Å²) in [7, 11) is -1.36. The number of ether oxygens (including phenoxy) is 1. The van der Waals surface area contributed by atoms with E-state index in [2.05, 4.69) is 32.7 Å². The average molecular weight is 591 g/mol. The molecule has 1 fully saturated rings. The molecule has 2 atom stereocenters. The number of alkyl halides is 4. The maximum atomic E-state index is 15.2. The molecule has 0 saturated carbocycles. The number of methoxy groups -OCH3 is 1. The molecule has 11 heteroatoms. The fraction of sp³-hybridized carbons (Fsp3) is 0.452. The van der Waals surface area contributed by atoms with Crippen LogP contribution in [0.15, 0.2) is 42.5 Å². The van der Waals surface area contributed by atoms with Crippen molar-refractivity contribution in [2.45, 2.75) is 57.7 Å². The van der Waals surface area contributed by atoms with E-state index in [-0.39, 0.29) is 41.3 Å². The number of benzene rings is 2. The fourth-order valence-electron chi connectivity index (χ4n) is 5.05. The second-order valence-electron chi connectivity index (χ2n) is 11.2. The number of aromatic nitrogens is 1. The van der Waals surface area contributed by atoms with Gasteiger partial charge in [0.2, 0.25) is 0 Å². The Kier molecular flexibility index (Phi) is 8.04. The molecule has 4 rings (SSSR count). The number of halogens is 4. The Balaban J connectivity index is 1.60. The van der Waals surface area contributed by atoms with Gasteiger partial charge in [-0.25, -0.2) is 4.39 Å². The van der Waals surface area contributed by atoms with Crippen molar-refractivity contribution < 1.29 is 31.2 Å². The van der Waals surface area contributed by atoms with E-state index >= 15 is 4.39 Å². The van der Waals surface area contributed by atoms with Crippen LogP contribution in [0.5, 0.6) is 5.75 Å². The molecule has 0 radical (unpaired) electrons. The first-order valence-electron chi connectivity index (χ1n) is 15.1. The molecular weight excluding hydrogens is 550 g/mol. The Morgan fingerprint density at radius 3 is 2.62 bits per heavy atom. The summed E-state index contributed by atoms with van der Waals surface area (Å²) in [6, 6.07) is 10.2. The van der Waals surface area contributed by atoms with E-state index in [9.17, 15) is 18.0 Å². The van der Waals surface area contributed by atoms with Crippen molar-refractivity contribution in [1.29, 1.82) is 0 Å². The van der Waals surface area contributed by atoms with Crippen molar-refractivity contribution in [2.75, 3.05) is 44.4 Å². The monoisotopic (exact) mass is 590 g/mol. The zero-order valence-electron chi connectivity index (χ0n) is 27.0. The normalized spacial score (nSPS) is 19.2. The topological polar surface area (TPSA) is 70.6 Å². The van der Waals surface area contributed by atoms with Crippen LogP contribution in [-0.2, 0) is 6.54 Å². The molecule has 1 aromatic heterocycles. The summed E-state index contributed by atoms with van der Waals surface area (Å²) >= 11 is 0. The van der Waals surface area contributed by atoms with Gasteiger partial charge in [0, 0.05) is 42.3 Å². The standard InChI is InChI=1S/C31H37F4N5O2/c1-30(2,3)39-15-13-25(23(32)18-39)38-24-9-6-10-27-22(24)17-21(40(27)19-31(33,34)35)8-7-14-37-26-12-11-20(29(41)36-4)16-28(26)42-5/h6,9-12,16-17,23,25,37-38H,13-15,18-19H2,1-5H3,(H,36,41)/i5D3. The minimum atomic E-state index is -4.53. The van der Waals surface area contributed by atoms with Gasteiger partial charge >= 0.3 is 6.18 Å². The number of hydrogen-bond donors (Lipinski definition) is 3. The van der Waals surface area contributed by atoms with Crippen LogP contribution in [-0.4, -0.2) is 73.0 Å². The zero-order chi connectivity index (χ0) is 33.2. The molecular formula is C31H37F4N5O2. The van der Waals surface area contributed by atoms with E-state index in [0.29, 0.717) is 29.6 Å². The predicted molar refractivity (Wildman–Crippen MR) is 158 cm³/mol. The Labute approximate surface area is 247 Å². The minimum Gasteiger partial charge on any atom is -0.495 e. The molecule has 0 bridgehead atoms. The van der Waals surface area contributed by atoms with Crippen molar-refractivity contribution in [3.63, 3.8) is 0 Å². The van der Waals surface area contributed by atoms with Gasteiger partial charge in [0.1, 0.15) is 18.5 Å². The first-order valence-corrected chi connectivity index (χ1v) is 13.6. The SMILES string of the molecule is [2H]C([2H])([2H])Oc1cc(C(=O)NC)ccc1NCC#Cc1cc2c(NC3CCN(C(C)(C)C)CC3F)cccc2n1CC(F)(F)F. The predicted octanol–water partition coefficient (Wildman–Crippen LogP) is 5.66. The summed E-state index contributed by atoms with van der Waals surface area (Å²) in [5.74, 6) is 5.03. The van der Waals surface area contributed by atoms with Crippen LogP contribution < -0.4 is 20.7 Å². The molecule has 3 aromatic rings. The number of amides is 1. The van der Waals surface area contributed by atoms with Gasteiger partial charge in [0.15, 0.2) is 0 Å². The zero-order valence-corrected chi connectivity index (χ0v) is 24.0. The Bertz CT molecular complexity index is 1590. The number of anilines is 2. The lowest BCUT2D eigenvalue weighted by molar-refractivity contribution is -0.140. The van der Waals surface area contributed by atoms with E-state index < -0.39 is 37.9 Å². The third kappa shape index (κ3) is 7.29. The number of carbonyl (C=O) groups excluding carboxylic acids is 1. The number of hydrogen-bond acceptors (Lipinski definition) is 5. The molecule has 42 heavy (non-hydrogen) atoms. The van der Waals surface area contributed by atoms with Crippen molar-refractivity contribution in [2.24, 2.45) is 0 Å². The fourth-order valence-corrected chi connectivity index (χ4v) is 5.05. The third-order valence-electron chi connectivity index (χ3n) is 7.28. The quantitative estimate of drug-likeness (QED) is 0.245. The minimum absolute atomic E-state index is 0.0782. The lowest BCUT2D eigenvalue weighted by atomic mass is 9.96. The molecule has 0 spiro atoms. The summed E-state index contributed by atoms with van der Waals surface area (Å²) < 4.78 is 84.6. The highest BCUT2D eigenvalue weighted by molar-refractivity contribution is 5.95. The molecule has 2 aromatic carbocycles. The molecule has 1 aliphatic heterocycles. The second-order valence-corrected chi connectivity index (χ2v) is 11.2. The summed E-state index contributed by atoms with van der Waals surface area (Å²) in [5.41, 5.74) is 1.16. The van der Waals surface area contributed by atoms with E-state index in [1.165, 1.54) is 25.2 Å². The smallest absolute Gasteiger partial charge is 0.406 e. The third-order valence-corrected chi connectivity index (χ3v) is 7.28. The molecule has 0 aliphatic carbocycles. The van der Waals surface area contributed by atoms with E-state index in [0.717, 1.165) is 4.57 Å². The van der Waals surface area contributed by atoms with Gasteiger partial charge < -0.3 is 25.3 Å². The highest BCUT2D eigenvalue weighted by Gasteiger charge is 2.34. The van der Waals surface area contributed by atoms with E-state index in [1.54, 1.807) is 24.3 Å². The molecule has 3 N–H and O–H groups in total. The molecule has 1 aliphatic rings. The Morgan fingerprint density at radius 2 is 1.95 bits per heavy atom. The lowest BCUT2D eigenvalue weighted by Gasteiger charge is -2.42. The summed E-state index contributed by atoms with van der Waals surface area (Å²) in [5, 5.41) is 9.07. The highest BCUT2D eigenvalue weighted by atomic mass is 19.4. The Morgan fingerprint density at radius 1 is 1.17 bits per heavy atom. The average Bonchev–Trinajstić information content (AvgIpc) is 3.27. The van der Waals surface area contributed by atoms with Crippen LogP contribution >= 0.6 is 0 Å². The summed E-state index contributed by atoms with van der Waals surface area (Å²) in [6.07, 6.45) is -5.16. The molecule has 2 heterocycles. The largest absolute Gasteiger partial charge is 0.495 e. The number of nitrogens with one attached hydrogen (secondary N) is 3.